The molecule has 1 aromatic carbocycles. The van der Waals surface area contributed by atoms with Crippen LogP contribution in [0.3, 0.4) is 0 Å². The third kappa shape index (κ3) is 6.49. The molecular formula is C20H23ClFN3O3. The van der Waals surface area contributed by atoms with Gasteiger partial charge in [0, 0.05) is 24.7 Å². The molecule has 0 radical (unpaired) electrons. The van der Waals surface area contributed by atoms with Gasteiger partial charge in [0.1, 0.15) is 11.0 Å². The van der Waals surface area contributed by atoms with E-state index in [1.165, 1.54) is 24.3 Å². The summed E-state index contributed by atoms with van der Waals surface area (Å²) in [6, 6.07) is 5.75. The van der Waals surface area contributed by atoms with Crippen LogP contribution in [0.15, 0.2) is 30.3 Å². The SMILES string of the molecule is CCCCn1nc(C)c(/C=C/C(=O)OCC(=O)NCc2ccc(F)cc2)c1Cl. The number of nitrogens with zero attached hydrogens (tertiary/aromatic N) is 2. The minimum absolute atomic E-state index is 0.220. The number of amides is 1. The number of benzene rings is 1. The number of esters is 1. The fraction of sp³-hybridized carbons (Fsp3) is 0.350. The summed E-state index contributed by atoms with van der Waals surface area (Å²) >= 11 is 6.30. The fourth-order valence-electron chi connectivity index (χ4n) is 2.40. The van der Waals surface area contributed by atoms with Crippen molar-refractivity contribution in [3.05, 3.63) is 58.1 Å². The molecular weight excluding hydrogens is 385 g/mol. The fourth-order valence-corrected chi connectivity index (χ4v) is 2.72. The maximum atomic E-state index is 12.8. The second-order valence-corrected chi connectivity index (χ2v) is 6.57. The first-order chi connectivity index (χ1) is 13.4. The lowest BCUT2D eigenvalue weighted by Crippen LogP contribution is -2.28. The summed E-state index contributed by atoms with van der Waals surface area (Å²) in [5, 5.41) is 7.41. The minimum Gasteiger partial charge on any atom is -0.452 e. The average Bonchev–Trinajstić information content (AvgIpc) is 2.95. The van der Waals surface area contributed by atoms with Gasteiger partial charge in [-0.15, -0.1) is 0 Å². The zero-order chi connectivity index (χ0) is 20.5. The summed E-state index contributed by atoms with van der Waals surface area (Å²) in [4.78, 5) is 23.6. The third-order valence-corrected chi connectivity index (χ3v) is 4.37. The summed E-state index contributed by atoms with van der Waals surface area (Å²) < 4.78 is 19.5. The third-order valence-electron chi connectivity index (χ3n) is 3.97. The number of carbonyl (C=O) groups excluding carboxylic acids is 2. The summed E-state index contributed by atoms with van der Waals surface area (Å²) in [6.07, 6.45) is 4.73. The second kappa shape index (κ2) is 10.6. The van der Waals surface area contributed by atoms with Crippen LogP contribution < -0.4 is 5.32 Å². The molecule has 2 rings (SSSR count). The van der Waals surface area contributed by atoms with Gasteiger partial charge in [-0.05, 0) is 37.1 Å². The first-order valence-corrected chi connectivity index (χ1v) is 9.37. The monoisotopic (exact) mass is 407 g/mol. The van der Waals surface area contributed by atoms with Crippen LogP contribution in [-0.2, 0) is 27.4 Å². The molecule has 0 fully saturated rings. The molecule has 0 atom stereocenters. The minimum atomic E-state index is -0.659. The number of aromatic nitrogens is 2. The first-order valence-electron chi connectivity index (χ1n) is 8.99. The van der Waals surface area contributed by atoms with E-state index in [1.54, 1.807) is 16.8 Å². The van der Waals surface area contributed by atoms with Crippen LogP contribution in [0, 0.1) is 12.7 Å². The molecule has 8 heteroatoms. The first kappa shape index (κ1) is 21.6. The molecule has 0 aliphatic rings. The Morgan fingerprint density at radius 1 is 1.32 bits per heavy atom. The molecule has 0 bridgehead atoms. The van der Waals surface area contributed by atoms with Crippen LogP contribution in [-0.4, -0.2) is 28.3 Å². The van der Waals surface area contributed by atoms with Crippen LogP contribution in [0.2, 0.25) is 5.15 Å². The van der Waals surface area contributed by atoms with Gasteiger partial charge in [0.25, 0.3) is 5.91 Å². The largest absolute Gasteiger partial charge is 0.452 e. The Bertz CT molecular complexity index is 847. The molecule has 28 heavy (non-hydrogen) atoms. The number of halogens is 2. The highest BCUT2D eigenvalue weighted by Gasteiger charge is 2.11. The summed E-state index contributed by atoms with van der Waals surface area (Å²) in [5.41, 5.74) is 2.10. The second-order valence-electron chi connectivity index (χ2n) is 6.21. The highest BCUT2D eigenvalue weighted by molar-refractivity contribution is 6.31. The maximum absolute atomic E-state index is 12.8. The van der Waals surface area contributed by atoms with Crippen molar-refractivity contribution in [2.24, 2.45) is 0 Å². The molecule has 1 N–H and O–H groups in total. The van der Waals surface area contributed by atoms with Gasteiger partial charge in [-0.25, -0.2) is 9.18 Å². The molecule has 0 spiro atoms. The number of ether oxygens (including phenoxy) is 1. The van der Waals surface area contributed by atoms with Crippen molar-refractivity contribution < 1.29 is 18.7 Å². The van der Waals surface area contributed by atoms with E-state index in [4.69, 9.17) is 16.3 Å². The van der Waals surface area contributed by atoms with Gasteiger partial charge in [0.2, 0.25) is 0 Å². The van der Waals surface area contributed by atoms with E-state index in [-0.39, 0.29) is 12.4 Å². The maximum Gasteiger partial charge on any atom is 0.331 e. The van der Waals surface area contributed by atoms with Crippen molar-refractivity contribution in [2.75, 3.05) is 6.61 Å². The van der Waals surface area contributed by atoms with Crippen molar-refractivity contribution in [3.8, 4) is 0 Å². The van der Waals surface area contributed by atoms with Gasteiger partial charge in [0.15, 0.2) is 6.61 Å². The Morgan fingerprint density at radius 3 is 2.71 bits per heavy atom. The number of unbranched alkanes of at least 4 members (excludes halogenated alkanes) is 1. The molecule has 0 saturated heterocycles. The number of carbonyl (C=O) groups is 2. The molecule has 150 valence electrons. The highest BCUT2D eigenvalue weighted by Crippen LogP contribution is 2.21. The summed E-state index contributed by atoms with van der Waals surface area (Å²) in [7, 11) is 0. The van der Waals surface area contributed by atoms with Gasteiger partial charge in [-0.3, -0.25) is 9.48 Å². The predicted molar refractivity (Wildman–Crippen MR) is 105 cm³/mol. The molecule has 0 aliphatic carbocycles. The number of rotatable bonds is 9. The lowest BCUT2D eigenvalue weighted by molar-refractivity contribution is -0.143. The molecule has 2 aromatic rings. The molecule has 1 amide bonds. The summed E-state index contributed by atoms with van der Waals surface area (Å²) in [5.74, 6) is -1.46. The van der Waals surface area contributed by atoms with Crippen molar-refractivity contribution in [2.45, 2.75) is 39.8 Å². The van der Waals surface area contributed by atoms with Crippen molar-refractivity contribution in [3.63, 3.8) is 0 Å². The smallest absolute Gasteiger partial charge is 0.331 e. The molecule has 1 heterocycles. The number of aryl methyl sites for hydroxylation is 2. The normalized spacial score (nSPS) is 11.0. The van der Waals surface area contributed by atoms with Gasteiger partial charge >= 0.3 is 5.97 Å². The van der Waals surface area contributed by atoms with Crippen molar-refractivity contribution in [1.29, 1.82) is 0 Å². The van der Waals surface area contributed by atoms with Gasteiger partial charge in [-0.1, -0.05) is 37.1 Å². The lowest BCUT2D eigenvalue weighted by Gasteiger charge is -2.05. The van der Waals surface area contributed by atoms with E-state index >= 15 is 0 Å². The zero-order valence-electron chi connectivity index (χ0n) is 15.9. The van der Waals surface area contributed by atoms with E-state index in [1.807, 2.05) is 6.92 Å². The Kier molecular flexibility index (Phi) is 8.19. The molecule has 0 aliphatic heterocycles. The summed E-state index contributed by atoms with van der Waals surface area (Å²) in [6.45, 7) is 4.41. The van der Waals surface area contributed by atoms with Crippen LogP contribution in [0.1, 0.15) is 36.6 Å². The average molecular weight is 408 g/mol. The Morgan fingerprint density at radius 2 is 2.04 bits per heavy atom. The van der Waals surface area contributed by atoms with E-state index in [0.29, 0.717) is 23.0 Å². The van der Waals surface area contributed by atoms with Gasteiger partial charge in [0.05, 0.1) is 5.69 Å². The van der Waals surface area contributed by atoms with Crippen molar-refractivity contribution >= 4 is 29.6 Å². The standard InChI is InChI=1S/C20H23ClFN3O3/c1-3-4-11-25-20(21)17(14(2)24-25)9-10-19(27)28-13-18(26)23-12-15-5-7-16(22)8-6-15/h5-10H,3-4,11-13H2,1-2H3,(H,23,26)/b10-9+. The topological polar surface area (TPSA) is 73.2 Å². The Labute approximate surface area is 168 Å². The van der Waals surface area contributed by atoms with Gasteiger partial charge in [-0.2, -0.15) is 5.10 Å². The lowest BCUT2D eigenvalue weighted by atomic mass is 10.2. The zero-order valence-corrected chi connectivity index (χ0v) is 16.6. The molecule has 0 saturated carbocycles. The number of hydrogen-bond donors (Lipinski definition) is 1. The number of hydrogen-bond acceptors (Lipinski definition) is 4. The van der Waals surface area contributed by atoms with Gasteiger partial charge < -0.3 is 10.1 Å². The van der Waals surface area contributed by atoms with E-state index < -0.39 is 18.5 Å². The highest BCUT2D eigenvalue weighted by atomic mass is 35.5. The van der Waals surface area contributed by atoms with E-state index in [0.717, 1.165) is 18.4 Å². The predicted octanol–water partition coefficient (Wildman–Crippen LogP) is 3.66. The quantitative estimate of drug-likeness (QED) is 0.508. The van der Waals surface area contributed by atoms with Crippen LogP contribution in [0.4, 0.5) is 4.39 Å². The van der Waals surface area contributed by atoms with Crippen molar-refractivity contribution in [1.82, 2.24) is 15.1 Å². The van der Waals surface area contributed by atoms with Crippen LogP contribution >= 0.6 is 11.6 Å². The Hall–Kier alpha value is -2.67. The molecule has 1 aromatic heterocycles. The molecule has 6 nitrogen and oxygen atoms in total. The number of nitrogens with one attached hydrogen (secondary N) is 1. The van der Waals surface area contributed by atoms with E-state index in [9.17, 15) is 14.0 Å². The van der Waals surface area contributed by atoms with Crippen LogP contribution in [0.25, 0.3) is 6.08 Å². The Balaban J connectivity index is 1.81. The van der Waals surface area contributed by atoms with E-state index in [2.05, 4.69) is 17.3 Å². The van der Waals surface area contributed by atoms with Crippen LogP contribution in [0.5, 0.6) is 0 Å². The molecule has 0 unspecified atom stereocenters.